The molecule has 0 fully saturated rings. The third kappa shape index (κ3) is 4.17. The smallest absolute Gasteiger partial charge is 0.257 e. The average Bonchev–Trinajstić information content (AvgIpc) is 2.61. The molecule has 25 heavy (non-hydrogen) atoms. The number of halogens is 1. The van der Waals surface area contributed by atoms with Crippen molar-refractivity contribution >= 4 is 34.6 Å². The summed E-state index contributed by atoms with van der Waals surface area (Å²) in [4.78, 5) is 16.6. The predicted octanol–water partition coefficient (Wildman–Crippen LogP) is 5.35. The summed E-state index contributed by atoms with van der Waals surface area (Å²) in [6.07, 6.45) is 3.24. The minimum atomic E-state index is -0.223. The Morgan fingerprint density at radius 1 is 1.00 bits per heavy atom. The van der Waals surface area contributed by atoms with Crippen LogP contribution in [-0.4, -0.2) is 10.9 Å². The SMILES string of the molecule is Cc1cccc(Nc2cncc(C(=O)Nc3ccc(Cl)cc3)c2)c1C. The van der Waals surface area contributed by atoms with Gasteiger partial charge in [0, 0.05) is 22.6 Å². The molecule has 1 heterocycles. The highest BCUT2D eigenvalue weighted by Gasteiger charge is 2.09. The van der Waals surface area contributed by atoms with Crippen LogP contribution < -0.4 is 10.6 Å². The van der Waals surface area contributed by atoms with Gasteiger partial charge >= 0.3 is 0 Å². The highest BCUT2D eigenvalue weighted by atomic mass is 35.5. The van der Waals surface area contributed by atoms with E-state index in [1.165, 1.54) is 11.1 Å². The Hall–Kier alpha value is -2.85. The van der Waals surface area contributed by atoms with Gasteiger partial charge in [0.15, 0.2) is 0 Å². The van der Waals surface area contributed by atoms with Gasteiger partial charge in [-0.1, -0.05) is 23.7 Å². The number of nitrogens with zero attached hydrogens (tertiary/aromatic N) is 1. The van der Waals surface area contributed by atoms with Crippen LogP contribution in [0.4, 0.5) is 17.1 Å². The summed E-state index contributed by atoms with van der Waals surface area (Å²) in [6, 6.07) is 14.8. The number of hydrogen-bond donors (Lipinski definition) is 2. The van der Waals surface area contributed by atoms with E-state index in [0.717, 1.165) is 11.4 Å². The summed E-state index contributed by atoms with van der Waals surface area (Å²) >= 11 is 5.86. The van der Waals surface area contributed by atoms with Gasteiger partial charge in [0.25, 0.3) is 5.91 Å². The summed E-state index contributed by atoms with van der Waals surface area (Å²) in [5.74, 6) is -0.223. The molecule has 126 valence electrons. The van der Waals surface area contributed by atoms with Gasteiger partial charge in [-0.3, -0.25) is 9.78 Å². The number of rotatable bonds is 4. The first kappa shape index (κ1) is 17.0. The molecule has 5 heteroatoms. The van der Waals surface area contributed by atoms with Crippen LogP contribution in [0.2, 0.25) is 5.02 Å². The van der Waals surface area contributed by atoms with E-state index in [0.29, 0.717) is 16.3 Å². The molecule has 0 aliphatic rings. The molecule has 3 rings (SSSR count). The van der Waals surface area contributed by atoms with Crippen LogP contribution in [-0.2, 0) is 0 Å². The minimum absolute atomic E-state index is 0.223. The van der Waals surface area contributed by atoms with E-state index >= 15 is 0 Å². The first-order chi connectivity index (χ1) is 12.0. The van der Waals surface area contributed by atoms with Crippen molar-refractivity contribution in [3.8, 4) is 0 Å². The fourth-order valence-corrected chi connectivity index (χ4v) is 2.54. The number of aryl methyl sites for hydroxylation is 1. The highest BCUT2D eigenvalue weighted by Crippen LogP contribution is 2.23. The third-order valence-electron chi connectivity index (χ3n) is 3.99. The molecule has 0 spiro atoms. The van der Waals surface area contributed by atoms with E-state index in [4.69, 9.17) is 11.6 Å². The maximum atomic E-state index is 12.4. The van der Waals surface area contributed by atoms with Crippen LogP contribution in [0.5, 0.6) is 0 Å². The van der Waals surface area contributed by atoms with Crippen LogP contribution in [0.3, 0.4) is 0 Å². The number of pyridine rings is 1. The monoisotopic (exact) mass is 351 g/mol. The molecule has 0 unspecified atom stereocenters. The molecular formula is C20H18ClN3O. The van der Waals surface area contributed by atoms with Crippen LogP contribution in [0.1, 0.15) is 21.5 Å². The molecule has 1 aromatic heterocycles. The van der Waals surface area contributed by atoms with E-state index < -0.39 is 0 Å². The van der Waals surface area contributed by atoms with Crippen molar-refractivity contribution in [3.05, 3.63) is 82.6 Å². The highest BCUT2D eigenvalue weighted by molar-refractivity contribution is 6.30. The standard InChI is InChI=1S/C20H18ClN3O/c1-13-4-3-5-19(14(13)2)23-18-10-15(11-22-12-18)20(25)24-17-8-6-16(21)7-9-17/h3-12,23H,1-2H3,(H,24,25). The Bertz CT molecular complexity index is 907. The summed E-state index contributed by atoms with van der Waals surface area (Å²) in [5, 5.41) is 6.78. The Balaban J connectivity index is 1.77. The van der Waals surface area contributed by atoms with Gasteiger partial charge < -0.3 is 10.6 Å². The van der Waals surface area contributed by atoms with Crippen LogP contribution in [0.25, 0.3) is 0 Å². The second-order valence-electron chi connectivity index (χ2n) is 5.80. The van der Waals surface area contributed by atoms with Crippen molar-refractivity contribution in [1.29, 1.82) is 0 Å². The predicted molar refractivity (Wildman–Crippen MR) is 103 cm³/mol. The molecule has 0 aliphatic heterocycles. The average molecular weight is 352 g/mol. The van der Waals surface area contributed by atoms with Crippen LogP contribution in [0.15, 0.2) is 60.9 Å². The molecule has 2 N–H and O–H groups in total. The number of benzene rings is 2. The zero-order valence-electron chi connectivity index (χ0n) is 14.0. The molecule has 0 atom stereocenters. The first-order valence-corrected chi connectivity index (χ1v) is 8.26. The summed E-state index contributed by atoms with van der Waals surface area (Å²) in [5.41, 5.74) is 5.29. The normalized spacial score (nSPS) is 10.4. The summed E-state index contributed by atoms with van der Waals surface area (Å²) in [6.45, 7) is 4.12. The molecule has 0 saturated carbocycles. The lowest BCUT2D eigenvalue weighted by Gasteiger charge is -2.12. The molecule has 0 saturated heterocycles. The van der Waals surface area contributed by atoms with E-state index in [2.05, 4.69) is 35.5 Å². The molecule has 0 radical (unpaired) electrons. The van der Waals surface area contributed by atoms with Gasteiger partial charge in [0.05, 0.1) is 17.4 Å². The topological polar surface area (TPSA) is 54.0 Å². The minimum Gasteiger partial charge on any atom is -0.354 e. The maximum Gasteiger partial charge on any atom is 0.257 e. The van der Waals surface area contributed by atoms with Crippen molar-refractivity contribution in [2.45, 2.75) is 13.8 Å². The van der Waals surface area contributed by atoms with E-state index in [-0.39, 0.29) is 5.91 Å². The second-order valence-corrected chi connectivity index (χ2v) is 6.23. The van der Waals surface area contributed by atoms with Gasteiger partial charge in [-0.2, -0.15) is 0 Å². The van der Waals surface area contributed by atoms with Crippen molar-refractivity contribution < 1.29 is 4.79 Å². The van der Waals surface area contributed by atoms with E-state index in [1.54, 1.807) is 42.7 Å². The Labute approximate surface area is 151 Å². The quantitative estimate of drug-likeness (QED) is 0.666. The number of amides is 1. The number of hydrogen-bond acceptors (Lipinski definition) is 3. The number of anilines is 3. The Morgan fingerprint density at radius 2 is 1.76 bits per heavy atom. The molecule has 3 aromatic rings. The molecule has 0 bridgehead atoms. The van der Waals surface area contributed by atoms with Gasteiger partial charge in [0.2, 0.25) is 0 Å². The van der Waals surface area contributed by atoms with Gasteiger partial charge in [-0.25, -0.2) is 0 Å². The third-order valence-corrected chi connectivity index (χ3v) is 4.24. The molecule has 1 amide bonds. The van der Waals surface area contributed by atoms with Gasteiger partial charge in [0.1, 0.15) is 0 Å². The van der Waals surface area contributed by atoms with Crippen molar-refractivity contribution in [3.63, 3.8) is 0 Å². The van der Waals surface area contributed by atoms with Gasteiger partial charge in [-0.05, 0) is 61.4 Å². The van der Waals surface area contributed by atoms with Crippen LogP contribution in [0, 0.1) is 13.8 Å². The zero-order valence-corrected chi connectivity index (χ0v) is 14.8. The molecular weight excluding hydrogens is 334 g/mol. The molecule has 2 aromatic carbocycles. The maximum absolute atomic E-state index is 12.4. The summed E-state index contributed by atoms with van der Waals surface area (Å²) in [7, 11) is 0. The number of aromatic nitrogens is 1. The van der Waals surface area contributed by atoms with Crippen molar-refractivity contribution in [1.82, 2.24) is 4.98 Å². The first-order valence-electron chi connectivity index (χ1n) is 7.88. The Kier molecular flexibility index (Phi) is 5.00. The van der Waals surface area contributed by atoms with Gasteiger partial charge in [-0.15, -0.1) is 0 Å². The van der Waals surface area contributed by atoms with Crippen molar-refractivity contribution in [2.24, 2.45) is 0 Å². The summed E-state index contributed by atoms with van der Waals surface area (Å²) < 4.78 is 0. The lowest BCUT2D eigenvalue weighted by atomic mass is 10.1. The number of nitrogens with one attached hydrogen (secondary N) is 2. The van der Waals surface area contributed by atoms with E-state index in [1.807, 2.05) is 12.1 Å². The lowest BCUT2D eigenvalue weighted by Crippen LogP contribution is -2.12. The zero-order chi connectivity index (χ0) is 17.8. The van der Waals surface area contributed by atoms with E-state index in [9.17, 15) is 4.79 Å². The fourth-order valence-electron chi connectivity index (χ4n) is 2.41. The second kappa shape index (κ2) is 7.36. The van der Waals surface area contributed by atoms with Crippen molar-refractivity contribution in [2.75, 3.05) is 10.6 Å². The lowest BCUT2D eigenvalue weighted by molar-refractivity contribution is 0.102. The van der Waals surface area contributed by atoms with Crippen LogP contribution >= 0.6 is 11.6 Å². The number of carbonyl (C=O) groups is 1. The fraction of sp³-hybridized carbons (Fsp3) is 0.100. The molecule has 0 aliphatic carbocycles. The molecule has 4 nitrogen and oxygen atoms in total. The largest absolute Gasteiger partial charge is 0.354 e. The number of carbonyl (C=O) groups excluding carboxylic acids is 1. The Morgan fingerprint density at radius 3 is 2.52 bits per heavy atom.